The Morgan fingerprint density at radius 3 is 2.61 bits per heavy atom. The summed E-state index contributed by atoms with van der Waals surface area (Å²) in [7, 11) is 0. The quantitative estimate of drug-likeness (QED) is 0.387. The molecular weight excluding hydrogens is 347 g/mol. The fourth-order valence-electron chi connectivity index (χ4n) is 1.54. The van der Waals surface area contributed by atoms with Gasteiger partial charge in [-0.3, -0.25) is 14.9 Å². The Hall–Kier alpha value is -2.80. The summed E-state index contributed by atoms with van der Waals surface area (Å²) in [6.45, 7) is 0. The van der Waals surface area contributed by atoms with E-state index in [1.807, 2.05) is 0 Å². The Morgan fingerprint density at radius 2 is 1.96 bits per heavy atom. The van der Waals surface area contributed by atoms with Crippen LogP contribution >= 0.6 is 23.2 Å². The van der Waals surface area contributed by atoms with Crippen molar-refractivity contribution in [3.05, 3.63) is 62.1 Å². The van der Waals surface area contributed by atoms with Crippen molar-refractivity contribution >= 4 is 40.5 Å². The highest BCUT2D eigenvalue weighted by molar-refractivity contribution is 6.33. The van der Waals surface area contributed by atoms with Gasteiger partial charge in [0.25, 0.3) is 5.69 Å². The van der Waals surface area contributed by atoms with Gasteiger partial charge in [0.15, 0.2) is 10.8 Å². The summed E-state index contributed by atoms with van der Waals surface area (Å²) in [4.78, 5) is 25.1. The maximum Gasteiger partial charge on any atom is 0.364 e. The molecule has 23 heavy (non-hydrogen) atoms. The van der Waals surface area contributed by atoms with E-state index in [1.165, 1.54) is 30.3 Å². The fraction of sp³-hybridized carbons (Fsp3) is 0. The summed E-state index contributed by atoms with van der Waals surface area (Å²) in [5.74, 6) is -1.15. The molecule has 0 radical (unpaired) electrons. The minimum Gasteiger partial charge on any atom is -0.507 e. The number of nitro benzene ring substituents is 1. The average Bonchev–Trinajstić information content (AvgIpc) is 2.50. The van der Waals surface area contributed by atoms with Crippen molar-refractivity contribution in [2.24, 2.45) is 10.2 Å². The summed E-state index contributed by atoms with van der Waals surface area (Å²) in [5.41, 5.74) is -0.235. The van der Waals surface area contributed by atoms with Crippen LogP contribution in [-0.4, -0.2) is 15.9 Å². The number of carbonyl (C=O) groups is 1. The van der Waals surface area contributed by atoms with E-state index in [0.717, 1.165) is 6.07 Å². The van der Waals surface area contributed by atoms with Gasteiger partial charge in [-0.15, -0.1) is 0 Å². The van der Waals surface area contributed by atoms with E-state index >= 15 is 0 Å². The van der Waals surface area contributed by atoms with Crippen molar-refractivity contribution in [3.8, 4) is 5.75 Å². The van der Waals surface area contributed by atoms with Crippen LogP contribution in [0.25, 0.3) is 0 Å². The predicted octanol–water partition coefficient (Wildman–Crippen LogP) is 4.05. The Balaban J connectivity index is 2.25. The molecule has 116 valence electrons. The van der Waals surface area contributed by atoms with Crippen LogP contribution in [0.2, 0.25) is 10.0 Å². The van der Waals surface area contributed by atoms with Crippen molar-refractivity contribution < 1.29 is 14.8 Å². The van der Waals surface area contributed by atoms with Gasteiger partial charge in [0.2, 0.25) is 10.0 Å². The summed E-state index contributed by atoms with van der Waals surface area (Å²) in [5, 5.41) is 27.3. The zero-order valence-corrected chi connectivity index (χ0v) is 12.7. The number of rotatable bonds is 3. The van der Waals surface area contributed by atoms with Crippen molar-refractivity contribution in [2.75, 3.05) is 0 Å². The second-order valence-corrected chi connectivity index (χ2v) is 4.99. The molecule has 1 N–H and O–H groups in total. The standard InChI is InChI=1S/C13H6Cl2N4O4/c14-7-1-4-12(20)9(5-7)13(21)17-18-16-11-3-2-8(19(22)23)6-10(11)15/h1-6H/p+1. The molecule has 10 heteroatoms. The monoisotopic (exact) mass is 353 g/mol. The number of benzene rings is 2. The third kappa shape index (κ3) is 4.10. The molecule has 0 atom stereocenters. The van der Waals surface area contributed by atoms with E-state index in [2.05, 4.69) is 15.1 Å². The molecule has 1 amide bonds. The second-order valence-electron chi connectivity index (χ2n) is 4.15. The number of hydrogen-bond donors (Lipinski definition) is 1. The lowest BCUT2D eigenvalue weighted by Gasteiger charge is -1.96. The van der Waals surface area contributed by atoms with Gasteiger partial charge in [0.1, 0.15) is 5.75 Å². The molecule has 0 unspecified atom stereocenters. The van der Waals surface area contributed by atoms with Gasteiger partial charge in [-0.25, -0.2) is 0 Å². The predicted molar refractivity (Wildman–Crippen MR) is 82.2 cm³/mol. The van der Waals surface area contributed by atoms with Gasteiger partial charge in [0, 0.05) is 17.2 Å². The number of nitrogens with zero attached hydrogens (tertiary/aromatic N) is 4. The van der Waals surface area contributed by atoms with Crippen LogP contribution < -0.4 is 4.91 Å². The van der Waals surface area contributed by atoms with E-state index in [4.69, 9.17) is 23.2 Å². The fourth-order valence-corrected chi connectivity index (χ4v) is 1.92. The van der Waals surface area contributed by atoms with Crippen LogP contribution in [0.1, 0.15) is 10.4 Å². The summed E-state index contributed by atoms with van der Waals surface area (Å²) >= 11 is 11.5. The molecule has 0 saturated heterocycles. The molecule has 0 aromatic heterocycles. The van der Waals surface area contributed by atoms with Crippen molar-refractivity contribution in [3.63, 3.8) is 0 Å². The average molecular weight is 354 g/mol. The number of aromatic hydroxyl groups is 1. The number of amides is 1. The largest absolute Gasteiger partial charge is 0.507 e. The van der Waals surface area contributed by atoms with Crippen LogP contribution in [-0.2, 0) is 0 Å². The van der Waals surface area contributed by atoms with Crippen LogP contribution in [0, 0.1) is 10.1 Å². The van der Waals surface area contributed by atoms with E-state index in [-0.39, 0.29) is 32.7 Å². The Bertz CT molecular complexity index is 863. The summed E-state index contributed by atoms with van der Waals surface area (Å²) in [6, 6.07) is 7.44. The smallest absolute Gasteiger partial charge is 0.364 e. The van der Waals surface area contributed by atoms with Gasteiger partial charge in [-0.1, -0.05) is 23.2 Å². The van der Waals surface area contributed by atoms with Crippen molar-refractivity contribution in [2.45, 2.75) is 0 Å². The first-order valence-electron chi connectivity index (χ1n) is 5.97. The molecule has 0 aliphatic heterocycles. The molecule has 0 aliphatic carbocycles. The zero-order valence-electron chi connectivity index (χ0n) is 11.2. The van der Waals surface area contributed by atoms with Crippen molar-refractivity contribution in [1.29, 1.82) is 0 Å². The lowest BCUT2D eigenvalue weighted by Crippen LogP contribution is -1.95. The van der Waals surface area contributed by atoms with E-state index in [0.29, 0.717) is 0 Å². The number of phenols is 1. The number of nitro groups is 1. The first-order valence-corrected chi connectivity index (χ1v) is 6.72. The first kappa shape index (κ1) is 16.6. The van der Waals surface area contributed by atoms with E-state index in [9.17, 15) is 20.0 Å². The van der Waals surface area contributed by atoms with E-state index in [1.54, 1.807) is 0 Å². The highest BCUT2D eigenvalue weighted by Crippen LogP contribution is 2.28. The lowest BCUT2D eigenvalue weighted by molar-refractivity contribution is -0.384. The van der Waals surface area contributed by atoms with Gasteiger partial charge in [0.05, 0.1) is 15.5 Å². The summed E-state index contributed by atoms with van der Waals surface area (Å²) < 4.78 is 0. The molecule has 0 aliphatic rings. The van der Waals surface area contributed by atoms with Gasteiger partial charge >= 0.3 is 5.91 Å². The highest BCUT2D eigenvalue weighted by atomic mass is 35.5. The van der Waals surface area contributed by atoms with Gasteiger partial charge in [-0.05, 0) is 24.3 Å². The second kappa shape index (κ2) is 6.97. The maximum atomic E-state index is 11.8. The Morgan fingerprint density at radius 1 is 1.22 bits per heavy atom. The SMILES string of the molecule is O=C(N=[N+]=Nc1ccc([N+](=O)[O-])cc1Cl)c1cc(Cl)ccc1O. The molecule has 2 aromatic rings. The number of halogens is 2. The molecular formula is C13H7Cl2N4O4+. The molecule has 8 nitrogen and oxygen atoms in total. The minimum atomic E-state index is -0.855. The molecule has 0 bridgehead atoms. The maximum absolute atomic E-state index is 11.8. The molecule has 0 heterocycles. The molecule has 0 saturated carbocycles. The summed E-state index contributed by atoms with van der Waals surface area (Å²) in [6.07, 6.45) is 0. The molecule has 0 fully saturated rings. The van der Waals surface area contributed by atoms with Gasteiger partial charge < -0.3 is 5.11 Å². The first-order chi connectivity index (χ1) is 10.9. The molecule has 2 rings (SSSR count). The van der Waals surface area contributed by atoms with Crippen LogP contribution in [0.5, 0.6) is 5.75 Å². The topological polar surface area (TPSA) is 119 Å². The van der Waals surface area contributed by atoms with Crippen LogP contribution in [0.15, 0.2) is 46.6 Å². The van der Waals surface area contributed by atoms with Gasteiger partial charge in [-0.2, -0.15) is 0 Å². The minimum absolute atomic E-state index is 0.0174. The lowest BCUT2D eigenvalue weighted by atomic mass is 10.2. The van der Waals surface area contributed by atoms with Crippen molar-refractivity contribution in [1.82, 2.24) is 4.91 Å². The highest BCUT2D eigenvalue weighted by Gasteiger charge is 2.16. The zero-order chi connectivity index (χ0) is 17.0. The number of non-ortho nitro benzene ring substituents is 1. The van der Waals surface area contributed by atoms with Crippen LogP contribution in [0.3, 0.4) is 0 Å². The van der Waals surface area contributed by atoms with Crippen LogP contribution in [0.4, 0.5) is 11.4 Å². The number of phenolic OH excluding ortho intramolecular Hbond substituents is 1. The normalized spacial score (nSPS) is 9.83. The molecule has 0 spiro atoms. The Kier molecular flexibility index (Phi) is 5.02. The number of hydrogen-bond acceptors (Lipinski definition) is 5. The Labute approximate surface area is 138 Å². The molecule has 2 aromatic carbocycles. The number of carbonyl (C=O) groups excluding carboxylic acids is 1. The van der Waals surface area contributed by atoms with E-state index < -0.39 is 10.8 Å². The third-order valence-electron chi connectivity index (χ3n) is 2.62. The third-order valence-corrected chi connectivity index (χ3v) is 3.16.